The van der Waals surface area contributed by atoms with E-state index in [1.807, 2.05) is 0 Å². The fourth-order valence-corrected chi connectivity index (χ4v) is 3.20. The van der Waals surface area contributed by atoms with Crippen LogP contribution in [0.2, 0.25) is 0 Å². The Hall–Kier alpha value is -1.61. The van der Waals surface area contributed by atoms with E-state index in [1.54, 1.807) is 11.3 Å². The molecule has 98 valence electrons. The zero-order valence-electron chi connectivity index (χ0n) is 11.2. The second kappa shape index (κ2) is 5.57. The van der Waals surface area contributed by atoms with Crippen molar-refractivity contribution >= 4 is 29.2 Å². The number of aryl methyl sites for hydroxylation is 1. The summed E-state index contributed by atoms with van der Waals surface area (Å²) in [6, 6.07) is 8.88. The number of nitrogens with zero attached hydrogens (tertiary/aromatic N) is 2. The van der Waals surface area contributed by atoms with E-state index in [9.17, 15) is 0 Å². The van der Waals surface area contributed by atoms with Gasteiger partial charge in [0.15, 0.2) is 6.20 Å². The Morgan fingerprint density at radius 3 is 2.47 bits per heavy atom. The van der Waals surface area contributed by atoms with Crippen LogP contribution in [0.3, 0.4) is 0 Å². The predicted molar refractivity (Wildman–Crippen MR) is 82.3 cm³/mol. The monoisotopic (exact) mass is 271 g/mol. The first-order valence-corrected chi connectivity index (χ1v) is 7.67. The number of anilines is 1. The summed E-state index contributed by atoms with van der Waals surface area (Å²) in [7, 11) is 2.08. The molecule has 1 aromatic carbocycles. The van der Waals surface area contributed by atoms with Gasteiger partial charge in [0.1, 0.15) is 7.05 Å². The molecule has 0 radical (unpaired) electrons. The number of aromatic nitrogens is 1. The minimum atomic E-state index is 1.21. The van der Waals surface area contributed by atoms with Gasteiger partial charge in [0.25, 0.3) is 5.01 Å². The van der Waals surface area contributed by atoms with Gasteiger partial charge >= 0.3 is 0 Å². The molecule has 0 bridgehead atoms. The van der Waals surface area contributed by atoms with Crippen LogP contribution in [0, 0.1) is 0 Å². The first-order chi connectivity index (χ1) is 9.33. The van der Waals surface area contributed by atoms with Gasteiger partial charge in [0.2, 0.25) is 0 Å². The largest absolute Gasteiger partial charge is 0.372 e. The van der Waals surface area contributed by atoms with Crippen LogP contribution in [0.4, 0.5) is 5.69 Å². The smallest absolute Gasteiger partial charge is 0.261 e. The first kappa shape index (κ1) is 12.4. The second-order valence-electron chi connectivity index (χ2n) is 4.97. The molecule has 2 heterocycles. The van der Waals surface area contributed by atoms with E-state index >= 15 is 0 Å². The van der Waals surface area contributed by atoms with E-state index in [1.165, 1.54) is 42.2 Å². The molecule has 0 spiro atoms. The van der Waals surface area contributed by atoms with Gasteiger partial charge in [-0.2, -0.15) is 4.57 Å². The molecule has 3 heteroatoms. The summed E-state index contributed by atoms with van der Waals surface area (Å²) in [5, 5.41) is 3.37. The zero-order chi connectivity index (χ0) is 13.1. The van der Waals surface area contributed by atoms with Gasteiger partial charge in [-0.25, -0.2) is 0 Å². The Labute approximate surface area is 118 Å². The second-order valence-corrected chi connectivity index (χ2v) is 5.90. The third kappa shape index (κ3) is 2.87. The summed E-state index contributed by atoms with van der Waals surface area (Å²) in [6.45, 7) is 2.42. The van der Waals surface area contributed by atoms with Crippen LogP contribution in [-0.4, -0.2) is 13.1 Å². The molecule has 0 aliphatic carbocycles. The molecule has 3 rings (SSSR count). The SMILES string of the molecule is C[n+]1ccsc1C=Cc1ccc(N2CCCC2)cc1. The van der Waals surface area contributed by atoms with Gasteiger partial charge in [0.05, 0.1) is 5.38 Å². The van der Waals surface area contributed by atoms with Crippen molar-refractivity contribution in [2.24, 2.45) is 7.05 Å². The van der Waals surface area contributed by atoms with E-state index in [-0.39, 0.29) is 0 Å². The van der Waals surface area contributed by atoms with Crippen LogP contribution in [0.15, 0.2) is 35.8 Å². The minimum absolute atomic E-state index is 1.21. The van der Waals surface area contributed by atoms with Crippen LogP contribution in [-0.2, 0) is 7.05 Å². The number of rotatable bonds is 3. The van der Waals surface area contributed by atoms with Crippen LogP contribution >= 0.6 is 11.3 Å². The molecule has 0 atom stereocenters. The van der Waals surface area contributed by atoms with E-state index in [0.29, 0.717) is 0 Å². The van der Waals surface area contributed by atoms with Crippen LogP contribution < -0.4 is 9.47 Å². The quantitative estimate of drug-likeness (QED) is 0.777. The Kier molecular flexibility index (Phi) is 3.65. The lowest BCUT2D eigenvalue weighted by atomic mass is 10.2. The summed E-state index contributed by atoms with van der Waals surface area (Å²) in [5.41, 5.74) is 2.62. The third-order valence-electron chi connectivity index (χ3n) is 3.60. The molecule has 19 heavy (non-hydrogen) atoms. The summed E-state index contributed by atoms with van der Waals surface area (Å²) >= 11 is 1.76. The van der Waals surface area contributed by atoms with Crippen molar-refractivity contribution in [1.29, 1.82) is 0 Å². The summed E-state index contributed by atoms with van der Waals surface area (Å²) in [4.78, 5) is 2.47. The van der Waals surface area contributed by atoms with E-state index in [4.69, 9.17) is 0 Å². The van der Waals surface area contributed by atoms with Crippen molar-refractivity contribution in [2.75, 3.05) is 18.0 Å². The summed E-state index contributed by atoms with van der Waals surface area (Å²) < 4.78 is 2.14. The molecule has 1 saturated heterocycles. The van der Waals surface area contributed by atoms with Crippen molar-refractivity contribution in [3.63, 3.8) is 0 Å². The average Bonchev–Trinajstić information content (AvgIpc) is 3.09. The molecule has 1 aliphatic rings. The lowest BCUT2D eigenvalue weighted by Gasteiger charge is -2.17. The van der Waals surface area contributed by atoms with Gasteiger partial charge in [-0.15, -0.1) is 0 Å². The van der Waals surface area contributed by atoms with Gasteiger partial charge in [-0.3, -0.25) is 0 Å². The fraction of sp³-hybridized carbons (Fsp3) is 0.312. The van der Waals surface area contributed by atoms with Crippen LogP contribution in [0.5, 0.6) is 0 Å². The molecular formula is C16H19N2S+. The van der Waals surface area contributed by atoms with Crippen molar-refractivity contribution < 1.29 is 4.57 Å². The predicted octanol–water partition coefficient (Wildman–Crippen LogP) is 3.34. The Bertz CT molecular complexity index is 563. The maximum absolute atomic E-state index is 2.47. The minimum Gasteiger partial charge on any atom is -0.372 e. The van der Waals surface area contributed by atoms with Crippen molar-refractivity contribution in [3.8, 4) is 0 Å². The molecule has 0 amide bonds. The standard InChI is InChI=1S/C16H19N2S/c1-17-12-13-19-16(17)9-6-14-4-7-15(8-5-14)18-10-2-3-11-18/h4-9,12-13H,2-3,10-11H2,1H3/q+1. The Balaban J connectivity index is 1.72. The molecule has 2 aromatic rings. The lowest BCUT2D eigenvalue weighted by Crippen LogP contribution is -2.26. The van der Waals surface area contributed by atoms with Crippen molar-refractivity contribution in [3.05, 3.63) is 46.4 Å². The first-order valence-electron chi connectivity index (χ1n) is 6.79. The fourth-order valence-electron chi connectivity index (χ4n) is 2.44. The van der Waals surface area contributed by atoms with Gasteiger partial charge in [0, 0.05) is 24.9 Å². The highest BCUT2D eigenvalue weighted by atomic mass is 32.1. The van der Waals surface area contributed by atoms with Crippen LogP contribution in [0.25, 0.3) is 12.2 Å². The number of thiazole rings is 1. The molecule has 0 N–H and O–H groups in total. The average molecular weight is 271 g/mol. The topological polar surface area (TPSA) is 7.12 Å². The van der Waals surface area contributed by atoms with Gasteiger partial charge in [-0.05, 0) is 36.6 Å². The maximum atomic E-state index is 2.47. The number of benzene rings is 1. The van der Waals surface area contributed by atoms with E-state index in [2.05, 4.69) is 64.5 Å². The summed E-state index contributed by atoms with van der Waals surface area (Å²) in [5.74, 6) is 0. The maximum Gasteiger partial charge on any atom is 0.261 e. The van der Waals surface area contributed by atoms with E-state index in [0.717, 1.165) is 0 Å². The molecular weight excluding hydrogens is 252 g/mol. The molecule has 1 aromatic heterocycles. The zero-order valence-corrected chi connectivity index (χ0v) is 12.1. The molecule has 0 unspecified atom stereocenters. The van der Waals surface area contributed by atoms with Crippen LogP contribution in [0.1, 0.15) is 23.4 Å². The number of hydrogen-bond acceptors (Lipinski definition) is 2. The van der Waals surface area contributed by atoms with Crippen molar-refractivity contribution in [1.82, 2.24) is 0 Å². The number of hydrogen-bond donors (Lipinski definition) is 0. The Morgan fingerprint density at radius 1 is 1.11 bits per heavy atom. The highest BCUT2D eigenvalue weighted by Gasteiger charge is 2.11. The highest BCUT2D eigenvalue weighted by molar-refractivity contribution is 7.10. The highest BCUT2D eigenvalue weighted by Crippen LogP contribution is 2.21. The normalized spacial score (nSPS) is 15.5. The van der Waals surface area contributed by atoms with Crippen molar-refractivity contribution in [2.45, 2.75) is 12.8 Å². The van der Waals surface area contributed by atoms with Gasteiger partial charge in [-0.1, -0.05) is 23.5 Å². The van der Waals surface area contributed by atoms with E-state index < -0.39 is 0 Å². The molecule has 0 saturated carbocycles. The third-order valence-corrected chi connectivity index (χ3v) is 4.53. The molecule has 2 nitrogen and oxygen atoms in total. The lowest BCUT2D eigenvalue weighted by molar-refractivity contribution is -0.668. The summed E-state index contributed by atoms with van der Waals surface area (Å²) in [6.07, 6.45) is 9.10. The van der Waals surface area contributed by atoms with Gasteiger partial charge < -0.3 is 4.90 Å². The Morgan fingerprint density at radius 2 is 1.84 bits per heavy atom. The molecule has 1 fully saturated rings. The molecule has 1 aliphatic heterocycles.